The number of para-hydroxylation sites is 2. The molecule has 0 unspecified atom stereocenters. The van der Waals surface area contributed by atoms with Gasteiger partial charge in [-0.3, -0.25) is 0 Å². The van der Waals surface area contributed by atoms with E-state index in [-0.39, 0.29) is 17.4 Å². The summed E-state index contributed by atoms with van der Waals surface area (Å²) in [6.45, 7) is 0. The lowest BCUT2D eigenvalue weighted by atomic mass is 10.0. The van der Waals surface area contributed by atoms with Gasteiger partial charge in [0.25, 0.3) is 5.89 Å². The smallest absolute Gasteiger partial charge is 0.252 e. The first-order valence-electron chi connectivity index (χ1n) is 8.53. The molecule has 0 atom stereocenters. The van der Waals surface area contributed by atoms with Gasteiger partial charge in [-0.1, -0.05) is 42.1 Å². The molecule has 0 aliphatic carbocycles. The maximum absolute atomic E-state index is 10.3. The molecule has 0 aliphatic rings. The molecule has 0 aliphatic heterocycles. The molecule has 0 radical (unpaired) electrons. The Bertz CT molecular complexity index is 1280. The summed E-state index contributed by atoms with van der Waals surface area (Å²) >= 11 is 1.44. The number of aromatic nitrogens is 4. The Labute approximate surface area is 163 Å². The van der Waals surface area contributed by atoms with Gasteiger partial charge >= 0.3 is 0 Å². The summed E-state index contributed by atoms with van der Waals surface area (Å²) in [5.41, 5.74) is 2.18. The number of nitrogens with zero attached hydrogens (tertiary/aromatic N) is 3. The van der Waals surface area contributed by atoms with Crippen LogP contribution in [0, 0.1) is 0 Å². The molecule has 3 N–H and O–H groups in total. The highest BCUT2D eigenvalue weighted by atomic mass is 32.2. The van der Waals surface area contributed by atoms with Crippen LogP contribution in [0.5, 0.6) is 11.5 Å². The lowest BCUT2D eigenvalue weighted by molar-refractivity contribution is 0.467. The molecular formula is C20H14N4O3S. The molecule has 28 heavy (non-hydrogen) atoms. The second kappa shape index (κ2) is 6.58. The molecule has 0 fully saturated rings. The van der Waals surface area contributed by atoms with Crippen molar-refractivity contribution in [3.05, 3.63) is 60.5 Å². The monoisotopic (exact) mass is 390 g/mol. The third kappa shape index (κ3) is 2.84. The Kier molecular flexibility index (Phi) is 3.91. The molecular weight excluding hydrogens is 376 g/mol. The third-order valence-electron chi connectivity index (χ3n) is 4.38. The van der Waals surface area contributed by atoms with E-state index in [1.807, 2.05) is 30.3 Å². The molecule has 7 nitrogen and oxygen atoms in total. The minimum atomic E-state index is -0.0332. The van der Waals surface area contributed by atoms with Gasteiger partial charge in [0.1, 0.15) is 11.5 Å². The zero-order valence-corrected chi connectivity index (χ0v) is 15.3. The fourth-order valence-electron chi connectivity index (χ4n) is 3.11. The Morgan fingerprint density at radius 2 is 1.82 bits per heavy atom. The van der Waals surface area contributed by atoms with Crippen molar-refractivity contribution in [3.8, 4) is 23.0 Å². The van der Waals surface area contributed by atoms with E-state index in [2.05, 4.69) is 20.2 Å². The predicted octanol–water partition coefficient (Wildman–Crippen LogP) is 4.47. The van der Waals surface area contributed by atoms with Crippen LogP contribution in [0.25, 0.3) is 33.3 Å². The largest absolute Gasteiger partial charge is 0.507 e. The van der Waals surface area contributed by atoms with E-state index in [1.165, 1.54) is 11.8 Å². The molecule has 0 bridgehead atoms. The van der Waals surface area contributed by atoms with Crippen molar-refractivity contribution in [2.75, 3.05) is 0 Å². The Balaban J connectivity index is 1.45. The van der Waals surface area contributed by atoms with Gasteiger partial charge in [0.15, 0.2) is 5.16 Å². The molecule has 5 aromatic rings. The van der Waals surface area contributed by atoms with Gasteiger partial charge in [0.2, 0.25) is 5.89 Å². The molecule has 138 valence electrons. The summed E-state index contributed by atoms with van der Waals surface area (Å²) in [7, 11) is 0. The van der Waals surface area contributed by atoms with Gasteiger partial charge in [-0.2, -0.15) is 0 Å². The van der Waals surface area contributed by atoms with Crippen LogP contribution in [-0.2, 0) is 5.75 Å². The second-order valence-corrected chi connectivity index (χ2v) is 7.15. The van der Waals surface area contributed by atoms with Crippen LogP contribution >= 0.6 is 11.8 Å². The minimum absolute atomic E-state index is 0.0332. The van der Waals surface area contributed by atoms with E-state index in [0.29, 0.717) is 22.6 Å². The van der Waals surface area contributed by atoms with E-state index in [9.17, 15) is 10.2 Å². The molecule has 0 saturated carbocycles. The molecule has 2 heterocycles. The molecule has 5 rings (SSSR count). The highest BCUT2D eigenvalue weighted by Gasteiger charge is 2.19. The SMILES string of the molecule is Oc1ccc2cccc(O)c2c1-c1nnc(CSc2nc3ccccc3[nH]2)o1. The number of phenolic OH excluding ortho intramolecular Hbond substituents is 2. The lowest BCUT2D eigenvalue weighted by Crippen LogP contribution is -1.84. The van der Waals surface area contributed by atoms with Crippen molar-refractivity contribution in [1.82, 2.24) is 20.2 Å². The highest BCUT2D eigenvalue weighted by molar-refractivity contribution is 7.98. The highest BCUT2D eigenvalue weighted by Crippen LogP contribution is 2.40. The van der Waals surface area contributed by atoms with Gasteiger partial charge in [-0.05, 0) is 29.7 Å². The molecule has 0 saturated heterocycles. The number of aromatic hydroxyl groups is 2. The average molecular weight is 390 g/mol. The van der Waals surface area contributed by atoms with Crippen LogP contribution in [-0.4, -0.2) is 30.4 Å². The lowest BCUT2D eigenvalue weighted by Gasteiger charge is -2.07. The topological polar surface area (TPSA) is 108 Å². The Morgan fingerprint density at radius 3 is 2.71 bits per heavy atom. The predicted molar refractivity (Wildman–Crippen MR) is 106 cm³/mol. The standard InChI is InChI=1S/C20H14N4O3S/c25-14-7-3-4-11-8-9-15(26)18(17(11)14)19-24-23-16(27-19)10-28-20-21-12-5-1-2-6-13(12)22-20/h1-9,25-26H,10H2,(H,21,22). The fourth-order valence-corrected chi connectivity index (χ4v) is 3.83. The normalized spacial score (nSPS) is 11.4. The number of fused-ring (bicyclic) bond motifs is 2. The third-order valence-corrected chi connectivity index (χ3v) is 5.24. The second-order valence-electron chi connectivity index (χ2n) is 6.18. The summed E-state index contributed by atoms with van der Waals surface area (Å²) in [6, 6.07) is 16.2. The number of imidazole rings is 1. The number of nitrogens with one attached hydrogen (secondary N) is 1. The molecule has 0 spiro atoms. The number of benzene rings is 3. The minimum Gasteiger partial charge on any atom is -0.507 e. The van der Waals surface area contributed by atoms with Gasteiger partial charge in [-0.15, -0.1) is 10.2 Å². The Morgan fingerprint density at radius 1 is 0.929 bits per heavy atom. The number of phenols is 2. The van der Waals surface area contributed by atoms with E-state index >= 15 is 0 Å². The molecule has 3 aromatic carbocycles. The number of hydrogen-bond donors (Lipinski definition) is 3. The molecule has 2 aromatic heterocycles. The number of H-pyrrole nitrogens is 1. The van der Waals surface area contributed by atoms with Crippen molar-refractivity contribution >= 4 is 33.6 Å². The van der Waals surface area contributed by atoms with E-state index in [1.54, 1.807) is 24.3 Å². The maximum Gasteiger partial charge on any atom is 0.252 e. The van der Waals surface area contributed by atoms with Crippen LogP contribution in [0.3, 0.4) is 0 Å². The van der Waals surface area contributed by atoms with Crippen LogP contribution in [0.4, 0.5) is 0 Å². The summed E-state index contributed by atoms with van der Waals surface area (Å²) in [5.74, 6) is 0.982. The number of aromatic amines is 1. The summed E-state index contributed by atoms with van der Waals surface area (Å²) in [4.78, 5) is 7.74. The summed E-state index contributed by atoms with van der Waals surface area (Å²) < 4.78 is 5.75. The maximum atomic E-state index is 10.3. The Hall–Kier alpha value is -3.52. The van der Waals surface area contributed by atoms with Gasteiger partial charge < -0.3 is 19.6 Å². The number of thioether (sulfide) groups is 1. The number of rotatable bonds is 4. The van der Waals surface area contributed by atoms with Gasteiger partial charge in [-0.25, -0.2) is 4.98 Å². The van der Waals surface area contributed by atoms with Crippen molar-refractivity contribution in [1.29, 1.82) is 0 Å². The first kappa shape index (κ1) is 16.6. The van der Waals surface area contributed by atoms with Crippen molar-refractivity contribution in [2.45, 2.75) is 10.9 Å². The summed E-state index contributed by atoms with van der Waals surface area (Å²) in [5, 5.41) is 30.7. The van der Waals surface area contributed by atoms with E-state index in [0.717, 1.165) is 21.6 Å². The summed E-state index contributed by atoms with van der Waals surface area (Å²) in [6.07, 6.45) is 0. The average Bonchev–Trinajstić information content (AvgIpc) is 3.33. The van der Waals surface area contributed by atoms with Crippen molar-refractivity contribution in [3.63, 3.8) is 0 Å². The zero-order valence-electron chi connectivity index (χ0n) is 14.5. The van der Waals surface area contributed by atoms with E-state index in [4.69, 9.17) is 4.42 Å². The quantitative estimate of drug-likeness (QED) is 0.389. The first-order chi connectivity index (χ1) is 13.7. The van der Waals surface area contributed by atoms with Crippen LogP contribution in [0.1, 0.15) is 5.89 Å². The first-order valence-corrected chi connectivity index (χ1v) is 9.51. The van der Waals surface area contributed by atoms with Crippen molar-refractivity contribution < 1.29 is 14.6 Å². The van der Waals surface area contributed by atoms with Crippen molar-refractivity contribution in [2.24, 2.45) is 0 Å². The van der Waals surface area contributed by atoms with Gasteiger partial charge in [0.05, 0.1) is 22.3 Å². The fraction of sp³-hybridized carbons (Fsp3) is 0.0500. The zero-order chi connectivity index (χ0) is 19.1. The van der Waals surface area contributed by atoms with E-state index < -0.39 is 0 Å². The number of hydrogen-bond acceptors (Lipinski definition) is 7. The molecule has 8 heteroatoms. The van der Waals surface area contributed by atoms with Crippen LogP contribution in [0.2, 0.25) is 0 Å². The van der Waals surface area contributed by atoms with Crippen LogP contribution in [0.15, 0.2) is 64.2 Å². The molecule has 0 amide bonds. The van der Waals surface area contributed by atoms with Crippen LogP contribution < -0.4 is 0 Å². The van der Waals surface area contributed by atoms with Gasteiger partial charge in [0, 0.05) is 5.39 Å².